The van der Waals surface area contributed by atoms with Gasteiger partial charge in [-0.15, -0.1) is 0 Å². The number of carbonyl (C=O) groups excluding carboxylic acids is 1. The lowest BCUT2D eigenvalue weighted by molar-refractivity contribution is -0.00701. The Labute approximate surface area is 122 Å². The van der Waals surface area contributed by atoms with Crippen molar-refractivity contribution in [2.75, 3.05) is 7.05 Å². The lowest BCUT2D eigenvalue weighted by atomic mass is 9.99. The zero-order valence-electron chi connectivity index (χ0n) is 12.4. The van der Waals surface area contributed by atoms with Gasteiger partial charge in [-0.05, 0) is 13.8 Å². The third kappa shape index (κ3) is 2.56. The van der Waals surface area contributed by atoms with Gasteiger partial charge in [0, 0.05) is 37.3 Å². The summed E-state index contributed by atoms with van der Waals surface area (Å²) in [6.45, 7) is 4.48. The fraction of sp³-hybridized carbons (Fsp3) is 0.500. The lowest BCUT2D eigenvalue weighted by Gasteiger charge is -2.25. The first-order valence-corrected chi connectivity index (χ1v) is 7.02. The zero-order chi connectivity index (χ0) is 15.0. The highest BCUT2D eigenvalue weighted by molar-refractivity contribution is 5.93. The van der Waals surface area contributed by atoms with Crippen molar-refractivity contribution in [2.24, 2.45) is 0 Å². The average Bonchev–Trinajstić information content (AvgIpc) is 3.07. The Bertz CT molecular complexity index is 634. The second-order valence-corrected chi connectivity index (χ2v) is 5.53. The van der Waals surface area contributed by atoms with Crippen LogP contribution in [-0.4, -0.2) is 44.4 Å². The van der Waals surface area contributed by atoms with E-state index in [0.29, 0.717) is 18.7 Å². The van der Waals surface area contributed by atoms with E-state index in [1.807, 2.05) is 13.8 Å². The van der Waals surface area contributed by atoms with E-state index in [4.69, 9.17) is 4.74 Å². The minimum absolute atomic E-state index is 0.0584. The summed E-state index contributed by atoms with van der Waals surface area (Å²) in [6.07, 6.45) is 4.23. The molecule has 2 aromatic heterocycles. The molecule has 3 rings (SSSR count). The van der Waals surface area contributed by atoms with Gasteiger partial charge in [0.15, 0.2) is 5.69 Å². The Morgan fingerprint density at radius 1 is 1.52 bits per heavy atom. The highest BCUT2D eigenvalue weighted by atomic mass is 16.5. The van der Waals surface area contributed by atoms with Gasteiger partial charge in [0.05, 0.1) is 24.1 Å². The van der Waals surface area contributed by atoms with Crippen LogP contribution in [0.2, 0.25) is 0 Å². The number of nitrogens with zero attached hydrogens (tertiary/aromatic N) is 3. The molecule has 0 bridgehead atoms. The molecule has 0 radical (unpaired) electrons. The predicted molar refractivity (Wildman–Crippen MR) is 75.6 cm³/mol. The number of amides is 1. The fourth-order valence-electron chi connectivity index (χ4n) is 2.74. The minimum Gasteiger partial charge on any atom is -0.369 e. The number of aromatic amines is 2. The average molecular weight is 289 g/mol. The summed E-state index contributed by atoms with van der Waals surface area (Å²) in [5.41, 5.74) is 3.34. The van der Waals surface area contributed by atoms with E-state index in [1.54, 1.807) is 24.3 Å². The Morgan fingerprint density at radius 2 is 2.33 bits per heavy atom. The number of rotatable bonds is 3. The third-order valence-electron chi connectivity index (χ3n) is 3.76. The molecule has 2 aromatic rings. The molecule has 0 fully saturated rings. The Kier molecular flexibility index (Phi) is 3.50. The van der Waals surface area contributed by atoms with E-state index in [1.165, 1.54) is 0 Å². The molecule has 0 aliphatic carbocycles. The van der Waals surface area contributed by atoms with E-state index >= 15 is 0 Å². The summed E-state index contributed by atoms with van der Waals surface area (Å²) in [7, 11) is 1.77. The molecule has 7 nitrogen and oxygen atoms in total. The van der Waals surface area contributed by atoms with Crippen LogP contribution in [0, 0.1) is 0 Å². The number of hydrogen-bond donors (Lipinski definition) is 2. The van der Waals surface area contributed by atoms with Crippen LogP contribution in [0.5, 0.6) is 0 Å². The predicted octanol–water partition coefficient (Wildman–Crippen LogP) is 1.43. The van der Waals surface area contributed by atoms with E-state index < -0.39 is 0 Å². The van der Waals surface area contributed by atoms with Crippen molar-refractivity contribution in [1.29, 1.82) is 0 Å². The number of aromatic nitrogens is 4. The summed E-state index contributed by atoms with van der Waals surface area (Å²) in [6, 6.07) is 0. The fourth-order valence-corrected chi connectivity index (χ4v) is 2.74. The summed E-state index contributed by atoms with van der Waals surface area (Å²) >= 11 is 0. The van der Waals surface area contributed by atoms with Gasteiger partial charge in [-0.25, -0.2) is 0 Å². The molecule has 0 spiro atoms. The Hall–Kier alpha value is -2.15. The van der Waals surface area contributed by atoms with Crippen LogP contribution in [0.1, 0.15) is 47.3 Å². The summed E-state index contributed by atoms with van der Waals surface area (Å²) in [5.74, 6) is -0.0880. The van der Waals surface area contributed by atoms with Gasteiger partial charge in [-0.2, -0.15) is 10.2 Å². The van der Waals surface area contributed by atoms with Gasteiger partial charge >= 0.3 is 0 Å². The molecule has 3 heterocycles. The van der Waals surface area contributed by atoms with Gasteiger partial charge in [-0.1, -0.05) is 0 Å². The van der Waals surface area contributed by atoms with E-state index in [0.717, 1.165) is 16.8 Å². The molecule has 1 aliphatic rings. The SMILES string of the molecule is C[C@@H]1Cc2c(C(=O)N(C)Cc3cn[nH]c3)n[nH]c2[C@H](C)O1. The highest BCUT2D eigenvalue weighted by Gasteiger charge is 2.30. The van der Waals surface area contributed by atoms with Crippen LogP contribution < -0.4 is 0 Å². The van der Waals surface area contributed by atoms with Crippen molar-refractivity contribution in [3.8, 4) is 0 Å². The normalized spacial score (nSPS) is 21.1. The quantitative estimate of drug-likeness (QED) is 0.894. The first kappa shape index (κ1) is 13.8. The zero-order valence-corrected chi connectivity index (χ0v) is 12.4. The molecule has 0 saturated carbocycles. The van der Waals surface area contributed by atoms with E-state index in [9.17, 15) is 4.79 Å². The number of fused-ring (bicyclic) bond motifs is 1. The molecule has 2 atom stereocenters. The minimum atomic E-state index is -0.0880. The molecule has 112 valence electrons. The number of carbonyl (C=O) groups is 1. The monoisotopic (exact) mass is 289 g/mol. The second kappa shape index (κ2) is 5.33. The lowest BCUT2D eigenvalue weighted by Crippen LogP contribution is -2.29. The molecule has 1 aliphatic heterocycles. The van der Waals surface area contributed by atoms with E-state index in [-0.39, 0.29) is 18.1 Å². The van der Waals surface area contributed by atoms with Crippen molar-refractivity contribution < 1.29 is 9.53 Å². The number of nitrogens with one attached hydrogen (secondary N) is 2. The molecule has 7 heteroatoms. The van der Waals surface area contributed by atoms with Crippen LogP contribution in [0.15, 0.2) is 12.4 Å². The molecule has 21 heavy (non-hydrogen) atoms. The smallest absolute Gasteiger partial charge is 0.274 e. The number of hydrogen-bond acceptors (Lipinski definition) is 4. The molecule has 2 N–H and O–H groups in total. The molecule has 0 unspecified atom stereocenters. The first-order chi connectivity index (χ1) is 10.1. The first-order valence-electron chi connectivity index (χ1n) is 7.02. The van der Waals surface area contributed by atoms with Gasteiger partial charge < -0.3 is 9.64 Å². The third-order valence-corrected chi connectivity index (χ3v) is 3.76. The van der Waals surface area contributed by atoms with Crippen LogP contribution in [0.3, 0.4) is 0 Å². The van der Waals surface area contributed by atoms with Crippen molar-refractivity contribution in [1.82, 2.24) is 25.3 Å². The molecule has 1 amide bonds. The molecular weight excluding hydrogens is 270 g/mol. The molecule has 0 saturated heterocycles. The maximum atomic E-state index is 12.6. The summed E-state index contributed by atoms with van der Waals surface area (Å²) < 4.78 is 5.74. The molecular formula is C14H19N5O2. The Morgan fingerprint density at radius 3 is 3.05 bits per heavy atom. The second-order valence-electron chi connectivity index (χ2n) is 5.53. The Balaban J connectivity index is 1.82. The van der Waals surface area contributed by atoms with Crippen molar-refractivity contribution >= 4 is 5.91 Å². The van der Waals surface area contributed by atoms with Gasteiger partial charge in [0.1, 0.15) is 0 Å². The van der Waals surface area contributed by atoms with Crippen molar-refractivity contribution in [3.63, 3.8) is 0 Å². The van der Waals surface area contributed by atoms with Crippen molar-refractivity contribution in [3.05, 3.63) is 34.9 Å². The van der Waals surface area contributed by atoms with Crippen LogP contribution in [0.4, 0.5) is 0 Å². The van der Waals surface area contributed by atoms with Crippen LogP contribution in [-0.2, 0) is 17.7 Å². The maximum Gasteiger partial charge on any atom is 0.274 e. The molecule has 0 aromatic carbocycles. The van der Waals surface area contributed by atoms with Gasteiger partial charge in [0.2, 0.25) is 0 Å². The van der Waals surface area contributed by atoms with Crippen LogP contribution >= 0.6 is 0 Å². The topological polar surface area (TPSA) is 86.9 Å². The maximum absolute atomic E-state index is 12.6. The number of ether oxygens (including phenoxy) is 1. The van der Waals surface area contributed by atoms with E-state index in [2.05, 4.69) is 20.4 Å². The summed E-state index contributed by atoms with van der Waals surface area (Å²) in [4.78, 5) is 14.2. The summed E-state index contributed by atoms with van der Waals surface area (Å²) in [5, 5.41) is 13.8. The van der Waals surface area contributed by atoms with Gasteiger partial charge in [0.25, 0.3) is 5.91 Å². The van der Waals surface area contributed by atoms with Gasteiger partial charge in [-0.3, -0.25) is 15.0 Å². The standard InChI is InChI=1S/C14H19N5O2/c1-8-4-11-12(9(2)21-8)17-18-13(11)14(20)19(3)7-10-5-15-16-6-10/h5-6,8-9H,4,7H2,1-3H3,(H,15,16)(H,17,18)/t8-,9+/m1/s1. The van der Waals surface area contributed by atoms with Crippen molar-refractivity contribution in [2.45, 2.75) is 39.0 Å². The van der Waals surface area contributed by atoms with Crippen LogP contribution in [0.25, 0.3) is 0 Å². The number of H-pyrrole nitrogens is 2. The largest absolute Gasteiger partial charge is 0.369 e. The highest BCUT2D eigenvalue weighted by Crippen LogP contribution is 2.30.